The van der Waals surface area contributed by atoms with Crippen molar-refractivity contribution in [3.8, 4) is 0 Å². The Labute approximate surface area is 86.3 Å². The van der Waals surface area contributed by atoms with Crippen LogP contribution in [-0.4, -0.2) is 9.55 Å². The van der Waals surface area contributed by atoms with Gasteiger partial charge in [-0.15, -0.1) is 0 Å². The van der Waals surface area contributed by atoms with Gasteiger partial charge < -0.3 is 10.3 Å². The molecule has 1 aromatic rings. The third-order valence-electron chi connectivity index (χ3n) is 2.73. The van der Waals surface area contributed by atoms with Gasteiger partial charge in [0.05, 0.1) is 17.6 Å². The van der Waals surface area contributed by atoms with Crippen LogP contribution in [0.2, 0.25) is 0 Å². The zero-order chi connectivity index (χ0) is 10.9. The first-order valence-electron chi connectivity index (χ1n) is 5.15. The first-order valence-corrected chi connectivity index (χ1v) is 5.15. The Morgan fingerprint density at radius 1 is 1.36 bits per heavy atom. The molecule has 1 aromatic heterocycles. The summed E-state index contributed by atoms with van der Waals surface area (Å²) in [4.78, 5) is 4.18. The molecular weight excluding hydrogens is 174 g/mol. The predicted molar refractivity (Wildman–Crippen MR) is 59.0 cm³/mol. The molecular formula is C11H21N3. The highest BCUT2D eigenvalue weighted by Crippen LogP contribution is 2.24. The topological polar surface area (TPSA) is 43.8 Å². The van der Waals surface area contributed by atoms with Gasteiger partial charge in [0.15, 0.2) is 0 Å². The number of imidazole rings is 1. The molecule has 1 unspecified atom stereocenters. The molecule has 0 saturated heterocycles. The standard InChI is InChI=1S/C11H21N3/c1-8(2)9(3)14-7-13-6-10(14)11(4,5)12/h6-9H,12H2,1-5H3. The van der Waals surface area contributed by atoms with Gasteiger partial charge in [0, 0.05) is 12.2 Å². The van der Waals surface area contributed by atoms with Crippen LogP contribution in [-0.2, 0) is 5.54 Å². The Balaban J connectivity index is 3.05. The molecule has 1 heterocycles. The highest BCUT2D eigenvalue weighted by molar-refractivity contribution is 5.11. The average molecular weight is 195 g/mol. The zero-order valence-corrected chi connectivity index (χ0v) is 9.78. The zero-order valence-electron chi connectivity index (χ0n) is 9.78. The van der Waals surface area contributed by atoms with Gasteiger partial charge in [-0.05, 0) is 26.7 Å². The third kappa shape index (κ3) is 2.15. The quantitative estimate of drug-likeness (QED) is 0.804. The molecule has 0 fully saturated rings. The number of aromatic nitrogens is 2. The Bertz CT molecular complexity index is 294. The van der Waals surface area contributed by atoms with Gasteiger partial charge in [0.25, 0.3) is 0 Å². The first-order chi connectivity index (χ1) is 6.34. The highest BCUT2D eigenvalue weighted by atomic mass is 15.1. The van der Waals surface area contributed by atoms with Crippen molar-refractivity contribution in [1.82, 2.24) is 9.55 Å². The van der Waals surface area contributed by atoms with Gasteiger partial charge in [-0.25, -0.2) is 4.98 Å². The lowest BCUT2D eigenvalue weighted by Gasteiger charge is -2.26. The Hall–Kier alpha value is -0.830. The van der Waals surface area contributed by atoms with E-state index in [4.69, 9.17) is 5.73 Å². The molecule has 2 N–H and O–H groups in total. The molecule has 0 saturated carbocycles. The smallest absolute Gasteiger partial charge is 0.0951 e. The summed E-state index contributed by atoms with van der Waals surface area (Å²) in [6, 6.07) is 0.440. The Kier molecular flexibility index (Phi) is 3.00. The highest BCUT2D eigenvalue weighted by Gasteiger charge is 2.22. The second kappa shape index (κ2) is 3.73. The summed E-state index contributed by atoms with van der Waals surface area (Å²) in [5.41, 5.74) is 6.86. The van der Waals surface area contributed by atoms with Crippen molar-refractivity contribution >= 4 is 0 Å². The largest absolute Gasteiger partial charge is 0.330 e. The van der Waals surface area contributed by atoms with E-state index in [0.29, 0.717) is 12.0 Å². The summed E-state index contributed by atoms with van der Waals surface area (Å²) in [5, 5.41) is 0. The Morgan fingerprint density at radius 3 is 2.36 bits per heavy atom. The summed E-state index contributed by atoms with van der Waals surface area (Å²) >= 11 is 0. The molecule has 0 amide bonds. The predicted octanol–water partition coefficient (Wildman–Crippen LogP) is 2.29. The van der Waals surface area contributed by atoms with E-state index in [2.05, 4.69) is 30.3 Å². The normalized spacial score (nSPS) is 14.8. The third-order valence-corrected chi connectivity index (χ3v) is 2.73. The molecule has 3 nitrogen and oxygen atoms in total. The fourth-order valence-electron chi connectivity index (χ4n) is 1.45. The molecule has 0 radical (unpaired) electrons. The number of hydrogen-bond donors (Lipinski definition) is 1. The summed E-state index contributed by atoms with van der Waals surface area (Å²) in [7, 11) is 0. The van der Waals surface area contributed by atoms with Gasteiger partial charge >= 0.3 is 0 Å². The van der Waals surface area contributed by atoms with E-state index in [0.717, 1.165) is 5.69 Å². The SMILES string of the molecule is CC(C)C(C)n1cncc1C(C)(C)N. The monoisotopic (exact) mass is 195 g/mol. The van der Waals surface area contributed by atoms with Crippen molar-refractivity contribution in [2.45, 2.75) is 46.2 Å². The van der Waals surface area contributed by atoms with Crippen LogP contribution < -0.4 is 5.73 Å². The van der Waals surface area contributed by atoms with Gasteiger partial charge in [-0.1, -0.05) is 13.8 Å². The van der Waals surface area contributed by atoms with Gasteiger partial charge in [-0.2, -0.15) is 0 Å². The van der Waals surface area contributed by atoms with Crippen molar-refractivity contribution in [2.24, 2.45) is 11.7 Å². The van der Waals surface area contributed by atoms with Crippen LogP contribution >= 0.6 is 0 Å². The average Bonchev–Trinajstić information content (AvgIpc) is 2.48. The van der Waals surface area contributed by atoms with Crippen LogP contribution in [0.4, 0.5) is 0 Å². The van der Waals surface area contributed by atoms with Crippen molar-refractivity contribution in [1.29, 1.82) is 0 Å². The van der Waals surface area contributed by atoms with E-state index in [1.165, 1.54) is 0 Å². The molecule has 3 heteroatoms. The van der Waals surface area contributed by atoms with Crippen LogP contribution in [0.5, 0.6) is 0 Å². The van der Waals surface area contributed by atoms with E-state index in [9.17, 15) is 0 Å². The van der Waals surface area contributed by atoms with Crippen LogP contribution in [0.15, 0.2) is 12.5 Å². The Morgan fingerprint density at radius 2 is 1.93 bits per heavy atom. The van der Waals surface area contributed by atoms with E-state index < -0.39 is 0 Å². The maximum absolute atomic E-state index is 6.08. The van der Waals surface area contributed by atoms with Crippen molar-refractivity contribution in [3.05, 3.63) is 18.2 Å². The summed E-state index contributed by atoms with van der Waals surface area (Å²) in [6.07, 6.45) is 3.73. The fourth-order valence-corrected chi connectivity index (χ4v) is 1.45. The van der Waals surface area contributed by atoms with Gasteiger partial charge in [0.2, 0.25) is 0 Å². The maximum atomic E-state index is 6.08. The minimum absolute atomic E-state index is 0.320. The lowest BCUT2D eigenvalue weighted by atomic mass is 10.0. The molecule has 1 atom stereocenters. The molecule has 0 aliphatic heterocycles. The van der Waals surface area contributed by atoms with E-state index in [-0.39, 0.29) is 5.54 Å². The lowest BCUT2D eigenvalue weighted by Crippen LogP contribution is -2.32. The number of nitrogens with zero attached hydrogens (tertiary/aromatic N) is 2. The number of nitrogens with two attached hydrogens (primary N) is 1. The molecule has 0 spiro atoms. The second-order valence-electron chi connectivity index (χ2n) is 4.89. The first kappa shape index (κ1) is 11.2. The summed E-state index contributed by atoms with van der Waals surface area (Å²) in [5.74, 6) is 0.588. The van der Waals surface area contributed by atoms with E-state index in [1.54, 1.807) is 0 Å². The fraction of sp³-hybridized carbons (Fsp3) is 0.727. The summed E-state index contributed by atoms with van der Waals surface area (Å²) < 4.78 is 2.17. The molecule has 0 aliphatic rings. The van der Waals surface area contributed by atoms with Crippen LogP contribution in [0.25, 0.3) is 0 Å². The molecule has 0 aliphatic carbocycles. The maximum Gasteiger partial charge on any atom is 0.0951 e. The van der Waals surface area contributed by atoms with Crippen LogP contribution in [0, 0.1) is 5.92 Å². The van der Waals surface area contributed by atoms with E-state index in [1.807, 2.05) is 26.4 Å². The molecule has 1 rings (SSSR count). The van der Waals surface area contributed by atoms with Crippen LogP contribution in [0.3, 0.4) is 0 Å². The molecule has 0 bridgehead atoms. The lowest BCUT2D eigenvalue weighted by molar-refractivity contribution is 0.372. The molecule has 0 aromatic carbocycles. The minimum atomic E-state index is -0.320. The van der Waals surface area contributed by atoms with Gasteiger partial charge in [0.1, 0.15) is 0 Å². The summed E-state index contributed by atoms with van der Waals surface area (Å²) in [6.45, 7) is 10.6. The van der Waals surface area contributed by atoms with E-state index >= 15 is 0 Å². The number of rotatable bonds is 3. The second-order valence-corrected chi connectivity index (χ2v) is 4.89. The van der Waals surface area contributed by atoms with Crippen molar-refractivity contribution < 1.29 is 0 Å². The molecule has 80 valence electrons. The minimum Gasteiger partial charge on any atom is -0.330 e. The van der Waals surface area contributed by atoms with Crippen molar-refractivity contribution in [2.75, 3.05) is 0 Å². The van der Waals surface area contributed by atoms with Gasteiger partial charge in [-0.3, -0.25) is 0 Å². The van der Waals surface area contributed by atoms with Crippen molar-refractivity contribution in [3.63, 3.8) is 0 Å². The van der Waals surface area contributed by atoms with Crippen LogP contribution in [0.1, 0.15) is 46.4 Å². The molecule has 14 heavy (non-hydrogen) atoms. The number of hydrogen-bond acceptors (Lipinski definition) is 2.